The van der Waals surface area contributed by atoms with E-state index in [1.165, 1.54) is 0 Å². The van der Waals surface area contributed by atoms with E-state index in [9.17, 15) is 22.8 Å². The highest BCUT2D eigenvalue weighted by molar-refractivity contribution is 6.76. The van der Waals surface area contributed by atoms with E-state index in [2.05, 4.69) is 30.1 Å². The summed E-state index contributed by atoms with van der Waals surface area (Å²) in [5.41, 5.74) is -3.11. The molecular formula is C18H30F3N3O5Si. The van der Waals surface area contributed by atoms with E-state index >= 15 is 0 Å². The van der Waals surface area contributed by atoms with Gasteiger partial charge in [0.2, 0.25) is 0 Å². The highest BCUT2D eigenvalue weighted by Gasteiger charge is 2.38. The molecule has 172 valence electrons. The highest BCUT2D eigenvalue weighted by atomic mass is 28.3. The van der Waals surface area contributed by atoms with Crippen LogP contribution in [0.15, 0.2) is 11.0 Å². The van der Waals surface area contributed by atoms with E-state index in [0.717, 1.165) is 12.2 Å². The number of hydrogen-bond acceptors (Lipinski definition) is 7. The molecule has 0 aromatic carbocycles. The molecule has 12 heteroatoms. The second-order valence-corrected chi connectivity index (χ2v) is 13.6. The molecule has 1 rings (SSSR count). The zero-order valence-corrected chi connectivity index (χ0v) is 19.0. The molecule has 0 fully saturated rings. The van der Waals surface area contributed by atoms with Gasteiger partial charge in [-0.05, 0) is 19.9 Å². The number of halogens is 3. The molecule has 0 amide bonds. The number of carbonyl (C=O) groups excluding carboxylic acids is 1. The van der Waals surface area contributed by atoms with Crippen molar-refractivity contribution in [1.82, 2.24) is 9.78 Å². The number of anilines is 1. The summed E-state index contributed by atoms with van der Waals surface area (Å²) in [5.74, 6) is -0.570. The summed E-state index contributed by atoms with van der Waals surface area (Å²) in [4.78, 5) is 23.6. The summed E-state index contributed by atoms with van der Waals surface area (Å²) in [6, 6.07) is 0.196. The van der Waals surface area contributed by atoms with Crippen LogP contribution in [0, 0.1) is 0 Å². The Morgan fingerprint density at radius 2 is 1.97 bits per heavy atom. The molecule has 0 spiro atoms. The number of nitrogens with zero attached hydrogens (tertiary/aromatic N) is 2. The van der Waals surface area contributed by atoms with Crippen molar-refractivity contribution in [3.05, 3.63) is 22.1 Å². The molecule has 1 aromatic heterocycles. The van der Waals surface area contributed by atoms with Crippen molar-refractivity contribution in [3.63, 3.8) is 0 Å². The second-order valence-electron chi connectivity index (χ2n) is 7.95. The predicted octanol–water partition coefficient (Wildman–Crippen LogP) is 2.95. The zero-order chi connectivity index (χ0) is 22.9. The van der Waals surface area contributed by atoms with Gasteiger partial charge in [0.1, 0.15) is 18.9 Å². The average Bonchev–Trinajstić information content (AvgIpc) is 2.58. The Balaban J connectivity index is 2.83. The third kappa shape index (κ3) is 9.26. The van der Waals surface area contributed by atoms with Crippen LogP contribution in [0.5, 0.6) is 0 Å². The molecule has 8 nitrogen and oxygen atoms in total. The fourth-order valence-electron chi connectivity index (χ4n) is 2.32. The molecule has 0 saturated heterocycles. The van der Waals surface area contributed by atoms with Gasteiger partial charge in [0.25, 0.3) is 5.56 Å². The van der Waals surface area contributed by atoms with Gasteiger partial charge in [-0.1, -0.05) is 19.6 Å². The molecule has 1 N–H and O–H groups in total. The molecule has 0 radical (unpaired) electrons. The summed E-state index contributed by atoms with van der Waals surface area (Å²) in [7, 11) is -1.36. The number of hydrogen-bond donors (Lipinski definition) is 1. The first kappa shape index (κ1) is 26.1. The molecular weight excluding hydrogens is 423 g/mol. The fraction of sp³-hybridized carbons (Fsp3) is 0.722. The largest absolute Gasteiger partial charge is 0.464 e. The fourth-order valence-corrected chi connectivity index (χ4v) is 3.08. The SMILES string of the molecule is CCOC(=O)COC[C@H](C)Nc1cnn(COCC[Si](C)(C)C)c(=O)c1C(F)(F)F. The van der Waals surface area contributed by atoms with Gasteiger partial charge in [0, 0.05) is 20.7 Å². The smallest absolute Gasteiger partial charge is 0.423 e. The standard InChI is InChI=1S/C18H30F3N3O5Si/c1-6-29-15(25)11-28-10-13(2)23-14-9-22-24(12-27-7-8-30(3,4)5)17(26)16(14)18(19,20)21/h9,13,23H,6-8,10-12H2,1-5H3/t13-/m0/s1. The van der Waals surface area contributed by atoms with Gasteiger partial charge in [0.15, 0.2) is 0 Å². The van der Waals surface area contributed by atoms with Crippen LogP contribution in [0.1, 0.15) is 19.4 Å². The van der Waals surface area contributed by atoms with Crippen molar-refractivity contribution in [2.45, 2.75) is 58.5 Å². The summed E-state index contributed by atoms with van der Waals surface area (Å²) in [5, 5.41) is 6.36. The summed E-state index contributed by atoms with van der Waals surface area (Å²) in [6.07, 6.45) is -3.94. The van der Waals surface area contributed by atoms with Crippen LogP contribution >= 0.6 is 0 Å². The monoisotopic (exact) mass is 453 g/mol. The molecule has 0 aliphatic heterocycles. The maximum atomic E-state index is 13.5. The third-order valence-corrected chi connectivity index (χ3v) is 5.54. The van der Waals surface area contributed by atoms with Crippen molar-refractivity contribution < 1.29 is 32.2 Å². The van der Waals surface area contributed by atoms with E-state index in [1.807, 2.05) is 0 Å². The topological polar surface area (TPSA) is 91.7 Å². The van der Waals surface area contributed by atoms with Crippen LogP contribution in [0.2, 0.25) is 25.7 Å². The minimum atomic E-state index is -4.88. The van der Waals surface area contributed by atoms with Crippen LogP contribution in [0.4, 0.5) is 18.9 Å². The van der Waals surface area contributed by atoms with E-state index in [0.29, 0.717) is 11.3 Å². The predicted molar refractivity (Wildman–Crippen MR) is 108 cm³/mol. The van der Waals surface area contributed by atoms with Crippen molar-refractivity contribution in [2.24, 2.45) is 0 Å². The quantitative estimate of drug-likeness (QED) is 0.296. The lowest BCUT2D eigenvalue weighted by atomic mass is 10.2. The summed E-state index contributed by atoms with van der Waals surface area (Å²) < 4.78 is 56.4. The number of aromatic nitrogens is 2. The summed E-state index contributed by atoms with van der Waals surface area (Å²) >= 11 is 0. The first-order valence-electron chi connectivity index (χ1n) is 9.60. The second kappa shape index (κ2) is 11.5. The van der Waals surface area contributed by atoms with Crippen molar-refractivity contribution in [1.29, 1.82) is 0 Å². The lowest BCUT2D eigenvalue weighted by molar-refractivity contribution is -0.148. The molecule has 1 heterocycles. The van der Waals surface area contributed by atoms with Gasteiger partial charge in [-0.2, -0.15) is 18.3 Å². The molecule has 1 aromatic rings. The van der Waals surface area contributed by atoms with Crippen LogP contribution in [0.3, 0.4) is 0 Å². The van der Waals surface area contributed by atoms with E-state index < -0.39 is 43.1 Å². The molecule has 0 bridgehead atoms. The Kier molecular flexibility index (Phi) is 9.98. The van der Waals surface area contributed by atoms with Crippen LogP contribution in [-0.2, 0) is 31.9 Å². The van der Waals surface area contributed by atoms with Gasteiger partial charge in [-0.15, -0.1) is 0 Å². The van der Waals surface area contributed by atoms with Crippen LogP contribution < -0.4 is 10.9 Å². The Morgan fingerprint density at radius 1 is 1.30 bits per heavy atom. The number of nitrogens with one attached hydrogen (secondary N) is 1. The lowest BCUT2D eigenvalue weighted by Gasteiger charge is -2.20. The number of rotatable bonds is 12. The van der Waals surface area contributed by atoms with E-state index in [1.54, 1.807) is 13.8 Å². The lowest BCUT2D eigenvalue weighted by Crippen LogP contribution is -2.34. The third-order valence-electron chi connectivity index (χ3n) is 3.83. The van der Waals surface area contributed by atoms with Crippen molar-refractivity contribution in [3.8, 4) is 0 Å². The van der Waals surface area contributed by atoms with Gasteiger partial charge >= 0.3 is 12.1 Å². The normalized spacial score (nSPS) is 13.2. The molecule has 0 saturated carbocycles. The number of alkyl halides is 3. The van der Waals surface area contributed by atoms with Gasteiger partial charge in [-0.3, -0.25) is 4.79 Å². The Bertz CT molecular complexity index is 750. The maximum absolute atomic E-state index is 13.5. The molecule has 30 heavy (non-hydrogen) atoms. The van der Waals surface area contributed by atoms with Gasteiger partial charge in [0.05, 0.1) is 25.1 Å². The first-order chi connectivity index (χ1) is 13.8. The maximum Gasteiger partial charge on any atom is 0.423 e. The Morgan fingerprint density at radius 3 is 2.53 bits per heavy atom. The van der Waals surface area contributed by atoms with Crippen LogP contribution in [0.25, 0.3) is 0 Å². The number of esters is 1. The number of ether oxygens (including phenoxy) is 3. The number of carbonyl (C=O) groups is 1. The Labute approximate surface area is 174 Å². The van der Waals surface area contributed by atoms with Crippen LogP contribution in [-0.4, -0.2) is 56.3 Å². The zero-order valence-electron chi connectivity index (χ0n) is 18.0. The summed E-state index contributed by atoms with van der Waals surface area (Å²) in [6.45, 7) is 9.42. The minimum Gasteiger partial charge on any atom is -0.464 e. The van der Waals surface area contributed by atoms with Gasteiger partial charge < -0.3 is 19.5 Å². The molecule has 0 aliphatic rings. The van der Waals surface area contributed by atoms with E-state index in [-0.39, 0.29) is 26.6 Å². The molecule has 0 unspecified atom stereocenters. The molecule has 0 aliphatic carbocycles. The Hall–Kier alpha value is -1.92. The minimum absolute atomic E-state index is 0.0704. The molecule has 1 atom stereocenters. The highest BCUT2D eigenvalue weighted by Crippen LogP contribution is 2.31. The van der Waals surface area contributed by atoms with Gasteiger partial charge in [-0.25, -0.2) is 9.48 Å². The average molecular weight is 454 g/mol. The van der Waals surface area contributed by atoms with E-state index in [4.69, 9.17) is 14.2 Å². The van der Waals surface area contributed by atoms with Crippen molar-refractivity contribution in [2.75, 3.05) is 31.7 Å². The van der Waals surface area contributed by atoms with Crippen molar-refractivity contribution >= 4 is 19.7 Å². The first-order valence-corrected chi connectivity index (χ1v) is 13.3.